The van der Waals surface area contributed by atoms with Gasteiger partial charge in [0.25, 0.3) is 0 Å². The van der Waals surface area contributed by atoms with Crippen LogP contribution in [0.4, 0.5) is 5.69 Å². The van der Waals surface area contributed by atoms with Gasteiger partial charge >= 0.3 is 8.60 Å². The van der Waals surface area contributed by atoms with Crippen LogP contribution in [0.15, 0.2) is 73.0 Å². The first kappa shape index (κ1) is 20.6. The zero-order valence-corrected chi connectivity index (χ0v) is 15.5. The van der Waals surface area contributed by atoms with E-state index in [0.717, 1.165) is 5.56 Å². The molecule has 10 heteroatoms. The second-order valence-electron chi connectivity index (χ2n) is 5.40. The molecule has 0 bridgehead atoms. The first-order valence-electron chi connectivity index (χ1n) is 7.64. The highest BCUT2D eigenvalue weighted by atomic mass is 31.2. The highest BCUT2D eigenvalue weighted by molar-refractivity contribution is 7.39. The third-order valence-corrected chi connectivity index (χ3v) is 3.90. The van der Waals surface area contributed by atoms with Crippen molar-refractivity contribution in [1.29, 1.82) is 0 Å². The summed E-state index contributed by atoms with van der Waals surface area (Å²) in [4.78, 5) is 19.3. The van der Waals surface area contributed by atoms with E-state index in [1.807, 2.05) is 5.48 Å². The summed E-state index contributed by atoms with van der Waals surface area (Å²) in [7, 11) is -2.47. The standard InChI is InChI=1S/C17H21N4O5P/c1-12-10-21(15(4)20(12)11-25-27(23)24)18-9-13(2)26-14(3)16-5-7-17(19-22)8-6-16/h5-9,19,22-24H,1-4,10-11H2/b18-9+. The molecule has 0 amide bonds. The van der Waals surface area contributed by atoms with E-state index in [2.05, 4.69) is 31.4 Å². The predicted octanol–water partition coefficient (Wildman–Crippen LogP) is 2.76. The van der Waals surface area contributed by atoms with Gasteiger partial charge in [-0.05, 0) is 24.3 Å². The Morgan fingerprint density at radius 2 is 1.93 bits per heavy atom. The van der Waals surface area contributed by atoms with Crippen LogP contribution in [0.2, 0.25) is 0 Å². The molecule has 0 unspecified atom stereocenters. The van der Waals surface area contributed by atoms with Gasteiger partial charge in [-0.1, -0.05) is 26.3 Å². The van der Waals surface area contributed by atoms with Crippen molar-refractivity contribution in [1.82, 2.24) is 9.91 Å². The monoisotopic (exact) mass is 392 g/mol. The fourth-order valence-corrected chi connectivity index (χ4v) is 2.38. The number of allylic oxidation sites excluding steroid dienone is 1. The largest absolute Gasteiger partial charge is 0.456 e. The SMILES string of the molecule is C=C(/C=N/N1CC(=C)N(COP(O)O)C1=C)OC(=C)c1ccc(NO)cc1. The molecule has 1 saturated heterocycles. The molecule has 1 aromatic rings. The van der Waals surface area contributed by atoms with Crippen molar-refractivity contribution < 1.29 is 24.3 Å². The van der Waals surface area contributed by atoms with Crippen molar-refractivity contribution in [2.75, 3.05) is 18.8 Å². The molecule has 0 aliphatic carbocycles. The fourth-order valence-electron chi connectivity index (χ4n) is 2.16. The Morgan fingerprint density at radius 3 is 2.52 bits per heavy atom. The second-order valence-corrected chi connectivity index (χ2v) is 6.17. The average Bonchev–Trinajstić information content (AvgIpc) is 2.91. The minimum absolute atomic E-state index is 0.0880. The van der Waals surface area contributed by atoms with E-state index in [9.17, 15) is 0 Å². The highest BCUT2D eigenvalue weighted by Crippen LogP contribution is 2.30. The number of benzene rings is 1. The highest BCUT2D eigenvalue weighted by Gasteiger charge is 2.27. The number of nitrogens with one attached hydrogen (secondary N) is 1. The number of hydrogen-bond acceptors (Lipinski definition) is 9. The molecule has 1 aromatic carbocycles. The van der Waals surface area contributed by atoms with Gasteiger partial charge in [-0.3, -0.25) is 15.2 Å². The summed E-state index contributed by atoms with van der Waals surface area (Å²) in [5, 5.41) is 14.6. The molecule has 1 aliphatic rings. The third-order valence-electron chi connectivity index (χ3n) is 3.56. The Balaban J connectivity index is 1.91. The van der Waals surface area contributed by atoms with Gasteiger partial charge in [0.1, 0.15) is 24.1 Å². The van der Waals surface area contributed by atoms with Crippen molar-refractivity contribution in [3.05, 3.63) is 73.4 Å². The first-order valence-corrected chi connectivity index (χ1v) is 8.81. The maximum atomic E-state index is 8.85. The van der Waals surface area contributed by atoms with E-state index in [1.165, 1.54) is 6.21 Å². The van der Waals surface area contributed by atoms with Crippen LogP contribution >= 0.6 is 8.60 Å². The molecule has 0 radical (unpaired) electrons. The average molecular weight is 392 g/mol. The molecular weight excluding hydrogens is 371 g/mol. The molecule has 0 saturated carbocycles. The van der Waals surface area contributed by atoms with Crippen LogP contribution < -0.4 is 5.48 Å². The van der Waals surface area contributed by atoms with Gasteiger partial charge in [0.15, 0.2) is 0 Å². The van der Waals surface area contributed by atoms with Gasteiger partial charge in [0.2, 0.25) is 0 Å². The summed E-state index contributed by atoms with van der Waals surface area (Å²) in [5.74, 6) is 1.09. The van der Waals surface area contributed by atoms with Gasteiger partial charge in [0.05, 0.1) is 18.4 Å². The lowest BCUT2D eigenvalue weighted by Crippen LogP contribution is -2.20. The molecule has 4 N–H and O–H groups in total. The molecule has 9 nitrogen and oxygen atoms in total. The fraction of sp³-hybridized carbons (Fsp3) is 0.118. The maximum Gasteiger partial charge on any atom is 0.328 e. The van der Waals surface area contributed by atoms with Crippen molar-refractivity contribution in [2.45, 2.75) is 0 Å². The summed E-state index contributed by atoms with van der Waals surface area (Å²) in [5.41, 5.74) is 3.95. The number of nitrogens with zero attached hydrogens (tertiary/aromatic N) is 3. The zero-order chi connectivity index (χ0) is 20.0. The summed E-state index contributed by atoms with van der Waals surface area (Å²) in [6.45, 7) is 15.6. The molecule has 27 heavy (non-hydrogen) atoms. The molecule has 144 valence electrons. The van der Waals surface area contributed by atoms with Gasteiger partial charge in [0, 0.05) is 11.3 Å². The van der Waals surface area contributed by atoms with E-state index in [-0.39, 0.29) is 12.5 Å². The van der Waals surface area contributed by atoms with Crippen molar-refractivity contribution in [2.24, 2.45) is 5.10 Å². The van der Waals surface area contributed by atoms with Gasteiger partial charge in [-0.2, -0.15) is 5.10 Å². The Labute approximate surface area is 158 Å². The number of rotatable bonds is 9. The van der Waals surface area contributed by atoms with Gasteiger partial charge in [-0.25, -0.2) is 5.01 Å². The van der Waals surface area contributed by atoms with Crippen LogP contribution in [0.3, 0.4) is 0 Å². The first-order chi connectivity index (χ1) is 12.8. The summed E-state index contributed by atoms with van der Waals surface area (Å²) in [6, 6.07) is 6.79. The topological polar surface area (TPSA) is 110 Å². The summed E-state index contributed by atoms with van der Waals surface area (Å²) in [6.07, 6.45) is 1.41. The Hall–Kier alpha value is -2.68. The predicted molar refractivity (Wildman–Crippen MR) is 104 cm³/mol. The smallest absolute Gasteiger partial charge is 0.328 e. The van der Waals surface area contributed by atoms with Crippen LogP contribution in [-0.2, 0) is 9.26 Å². The zero-order valence-electron chi connectivity index (χ0n) is 14.6. The van der Waals surface area contributed by atoms with Crippen molar-refractivity contribution in [3.8, 4) is 0 Å². The minimum atomic E-state index is -2.47. The maximum absolute atomic E-state index is 8.85. The van der Waals surface area contributed by atoms with E-state index < -0.39 is 8.60 Å². The van der Waals surface area contributed by atoms with E-state index in [1.54, 1.807) is 34.2 Å². The molecule has 0 atom stereocenters. The van der Waals surface area contributed by atoms with Crippen LogP contribution in [0.5, 0.6) is 0 Å². The number of ether oxygens (including phenoxy) is 1. The van der Waals surface area contributed by atoms with Gasteiger partial charge < -0.3 is 19.4 Å². The Kier molecular flexibility index (Phi) is 7.12. The molecule has 1 aliphatic heterocycles. The number of anilines is 1. The lowest BCUT2D eigenvalue weighted by Gasteiger charge is -2.20. The van der Waals surface area contributed by atoms with E-state index >= 15 is 0 Å². The normalized spacial score (nSPS) is 14.4. The molecule has 1 fully saturated rings. The molecule has 1 heterocycles. The Bertz CT molecular complexity index is 763. The number of hydrazone groups is 1. The van der Waals surface area contributed by atoms with Crippen molar-refractivity contribution >= 4 is 26.3 Å². The lowest BCUT2D eigenvalue weighted by atomic mass is 10.2. The van der Waals surface area contributed by atoms with Crippen LogP contribution in [0, 0.1) is 0 Å². The van der Waals surface area contributed by atoms with Crippen LogP contribution in [-0.4, -0.2) is 44.4 Å². The van der Waals surface area contributed by atoms with Crippen LogP contribution in [0.1, 0.15) is 5.56 Å². The molecule has 0 aromatic heterocycles. The molecular formula is C17H21N4O5P. The molecule has 0 spiro atoms. The molecule has 2 rings (SSSR count). The van der Waals surface area contributed by atoms with Crippen LogP contribution in [0.25, 0.3) is 5.76 Å². The minimum Gasteiger partial charge on any atom is -0.456 e. The number of hydrogen-bond donors (Lipinski definition) is 4. The lowest BCUT2D eigenvalue weighted by molar-refractivity contribution is 0.164. The van der Waals surface area contributed by atoms with E-state index in [0.29, 0.717) is 29.5 Å². The van der Waals surface area contributed by atoms with Gasteiger partial charge in [-0.15, -0.1) is 0 Å². The quantitative estimate of drug-likeness (QED) is 0.220. The summed E-state index contributed by atoms with van der Waals surface area (Å²) < 4.78 is 10.3. The van der Waals surface area contributed by atoms with E-state index in [4.69, 9.17) is 24.3 Å². The van der Waals surface area contributed by atoms with Crippen molar-refractivity contribution in [3.63, 3.8) is 0 Å². The second kappa shape index (κ2) is 9.31. The third kappa shape index (κ3) is 5.65. The summed E-state index contributed by atoms with van der Waals surface area (Å²) >= 11 is 0. The Morgan fingerprint density at radius 1 is 1.26 bits per heavy atom.